The average molecular weight is 366 g/mol. The molecule has 0 atom stereocenters. The van der Waals surface area contributed by atoms with E-state index in [9.17, 15) is 9.59 Å². The molecule has 0 unspecified atom stereocenters. The van der Waals surface area contributed by atoms with Gasteiger partial charge in [-0.1, -0.05) is 30.3 Å². The van der Waals surface area contributed by atoms with Gasteiger partial charge in [-0.05, 0) is 28.8 Å². The normalized spacial score (nSPS) is 10.4. The lowest BCUT2D eigenvalue weighted by atomic mass is 10.1. The Morgan fingerprint density at radius 3 is 2.64 bits per heavy atom. The number of carboxylic acid groups (broad SMARTS) is 1. The third-order valence-electron chi connectivity index (χ3n) is 3.08. The molecular formula is C15H16BrN3O3. The number of benzene rings is 1. The summed E-state index contributed by atoms with van der Waals surface area (Å²) in [7, 11) is 0. The van der Waals surface area contributed by atoms with Crippen LogP contribution >= 0.6 is 15.9 Å². The number of unbranched alkanes of at least 4 members (excludes halogenated alkanes) is 1. The highest BCUT2D eigenvalue weighted by Gasteiger charge is 2.17. The SMILES string of the molecule is O=C(O)CCCCNC(=O)c1[nH]nc(-c2ccccc2)c1Br. The number of amides is 1. The van der Waals surface area contributed by atoms with Crippen LogP contribution in [-0.2, 0) is 4.79 Å². The predicted molar refractivity (Wildman–Crippen MR) is 85.5 cm³/mol. The minimum absolute atomic E-state index is 0.113. The van der Waals surface area contributed by atoms with Crippen LogP contribution in [-0.4, -0.2) is 33.7 Å². The van der Waals surface area contributed by atoms with Gasteiger partial charge < -0.3 is 10.4 Å². The molecule has 1 amide bonds. The van der Waals surface area contributed by atoms with Crippen LogP contribution in [0.15, 0.2) is 34.8 Å². The fourth-order valence-electron chi connectivity index (χ4n) is 1.96. The highest BCUT2D eigenvalue weighted by atomic mass is 79.9. The summed E-state index contributed by atoms with van der Waals surface area (Å²) >= 11 is 3.40. The molecule has 0 fully saturated rings. The Labute approximate surface area is 136 Å². The second-order valence-electron chi connectivity index (χ2n) is 4.73. The maximum absolute atomic E-state index is 12.1. The Morgan fingerprint density at radius 1 is 1.23 bits per heavy atom. The highest BCUT2D eigenvalue weighted by Crippen LogP contribution is 2.28. The van der Waals surface area contributed by atoms with Gasteiger partial charge in [-0.3, -0.25) is 14.7 Å². The van der Waals surface area contributed by atoms with E-state index in [0.717, 1.165) is 5.56 Å². The van der Waals surface area contributed by atoms with Crippen LogP contribution < -0.4 is 5.32 Å². The number of halogens is 1. The van der Waals surface area contributed by atoms with Gasteiger partial charge in [0.2, 0.25) is 0 Å². The lowest BCUT2D eigenvalue weighted by Crippen LogP contribution is -2.25. The Kier molecular flexibility index (Phi) is 5.71. The maximum Gasteiger partial charge on any atom is 0.303 e. The minimum Gasteiger partial charge on any atom is -0.481 e. The zero-order valence-electron chi connectivity index (χ0n) is 11.8. The van der Waals surface area contributed by atoms with Crippen molar-refractivity contribution in [2.75, 3.05) is 6.54 Å². The van der Waals surface area contributed by atoms with Gasteiger partial charge in [0.05, 0.1) is 4.47 Å². The van der Waals surface area contributed by atoms with Crippen molar-refractivity contribution in [1.82, 2.24) is 15.5 Å². The van der Waals surface area contributed by atoms with Crippen molar-refractivity contribution in [1.29, 1.82) is 0 Å². The molecule has 0 spiro atoms. The number of hydrogen-bond acceptors (Lipinski definition) is 3. The summed E-state index contributed by atoms with van der Waals surface area (Å²) in [6, 6.07) is 9.54. The number of aromatic nitrogens is 2. The lowest BCUT2D eigenvalue weighted by molar-refractivity contribution is -0.137. The molecule has 2 rings (SSSR count). The van der Waals surface area contributed by atoms with Crippen LogP contribution in [0.2, 0.25) is 0 Å². The van der Waals surface area contributed by atoms with E-state index < -0.39 is 5.97 Å². The molecular weight excluding hydrogens is 350 g/mol. The molecule has 0 aliphatic heterocycles. The summed E-state index contributed by atoms with van der Waals surface area (Å²) in [5.74, 6) is -1.09. The number of aliphatic carboxylic acids is 1. The molecule has 0 saturated heterocycles. The summed E-state index contributed by atoms with van der Waals surface area (Å²) in [5, 5.41) is 18.2. The molecule has 0 saturated carbocycles. The zero-order chi connectivity index (χ0) is 15.9. The van der Waals surface area contributed by atoms with E-state index in [2.05, 4.69) is 31.4 Å². The van der Waals surface area contributed by atoms with E-state index in [1.165, 1.54) is 0 Å². The molecule has 0 aliphatic carbocycles. The first-order chi connectivity index (χ1) is 10.6. The molecule has 2 aromatic rings. The second-order valence-corrected chi connectivity index (χ2v) is 5.53. The number of carbonyl (C=O) groups excluding carboxylic acids is 1. The summed E-state index contributed by atoms with van der Waals surface area (Å²) in [6.07, 6.45) is 1.27. The Hall–Kier alpha value is -2.15. The molecule has 3 N–H and O–H groups in total. The summed E-state index contributed by atoms with van der Waals surface area (Å²) < 4.78 is 0.613. The number of aromatic amines is 1. The Balaban J connectivity index is 1.94. The van der Waals surface area contributed by atoms with Crippen LogP contribution in [0.5, 0.6) is 0 Å². The third-order valence-corrected chi connectivity index (χ3v) is 3.86. The Bertz CT molecular complexity index is 655. The van der Waals surface area contributed by atoms with E-state index in [0.29, 0.717) is 35.2 Å². The smallest absolute Gasteiger partial charge is 0.303 e. The van der Waals surface area contributed by atoms with Gasteiger partial charge in [0.15, 0.2) is 0 Å². The molecule has 0 radical (unpaired) electrons. The average Bonchev–Trinajstić information content (AvgIpc) is 2.89. The van der Waals surface area contributed by atoms with Crippen LogP contribution in [0.3, 0.4) is 0 Å². The Morgan fingerprint density at radius 2 is 1.95 bits per heavy atom. The van der Waals surface area contributed by atoms with Gasteiger partial charge in [0.25, 0.3) is 5.91 Å². The topological polar surface area (TPSA) is 95.1 Å². The van der Waals surface area contributed by atoms with E-state index in [4.69, 9.17) is 5.11 Å². The number of carboxylic acids is 1. The number of H-pyrrole nitrogens is 1. The predicted octanol–water partition coefficient (Wildman–Crippen LogP) is 2.82. The minimum atomic E-state index is -0.824. The molecule has 1 heterocycles. The standard InChI is InChI=1S/C15H16BrN3O3/c16-12-13(10-6-2-1-3-7-10)18-19-14(12)15(22)17-9-5-4-8-11(20)21/h1-3,6-7H,4-5,8-9H2,(H,17,22)(H,18,19)(H,20,21). The summed E-state index contributed by atoms with van der Waals surface area (Å²) in [6.45, 7) is 0.429. The van der Waals surface area contributed by atoms with Crippen LogP contribution in [0, 0.1) is 0 Å². The lowest BCUT2D eigenvalue weighted by Gasteiger charge is -2.03. The van der Waals surface area contributed by atoms with Crippen LogP contribution in [0.4, 0.5) is 0 Å². The van der Waals surface area contributed by atoms with Crippen molar-refractivity contribution >= 4 is 27.8 Å². The van der Waals surface area contributed by atoms with E-state index in [1.807, 2.05) is 30.3 Å². The number of rotatable bonds is 7. The molecule has 22 heavy (non-hydrogen) atoms. The quantitative estimate of drug-likeness (QED) is 0.657. The monoisotopic (exact) mass is 365 g/mol. The van der Waals surface area contributed by atoms with Crippen LogP contribution in [0.1, 0.15) is 29.8 Å². The maximum atomic E-state index is 12.1. The first-order valence-corrected chi connectivity index (χ1v) is 7.68. The van der Waals surface area contributed by atoms with Gasteiger partial charge >= 0.3 is 5.97 Å². The van der Waals surface area contributed by atoms with Crippen molar-refractivity contribution in [2.45, 2.75) is 19.3 Å². The molecule has 1 aromatic heterocycles. The van der Waals surface area contributed by atoms with Gasteiger partial charge in [-0.2, -0.15) is 5.10 Å². The number of nitrogens with zero attached hydrogens (tertiary/aromatic N) is 1. The molecule has 7 heteroatoms. The number of hydrogen-bond donors (Lipinski definition) is 3. The fraction of sp³-hybridized carbons (Fsp3) is 0.267. The fourth-order valence-corrected chi connectivity index (χ4v) is 2.54. The zero-order valence-corrected chi connectivity index (χ0v) is 13.4. The van der Waals surface area contributed by atoms with Gasteiger partial charge in [0, 0.05) is 18.5 Å². The van der Waals surface area contributed by atoms with Gasteiger partial charge in [0.1, 0.15) is 11.4 Å². The van der Waals surface area contributed by atoms with Crippen molar-refractivity contribution in [3.63, 3.8) is 0 Å². The first-order valence-electron chi connectivity index (χ1n) is 6.89. The third kappa shape index (κ3) is 4.17. The molecule has 0 aliphatic rings. The number of carbonyl (C=O) groups is 2. The van der Waals surface area contributed by atoms with Gasteiger partial charge in [-0.25, -0.2) is 0 Å². The largest absolute Gasteiger partial charge is 0.481 e. The molecule has 1 aromatic carbocycles. The van der Waals surface area contributed by atoms with Crippen molar-refractivity contribution in [2.24, 2.45) is 0 Å². The van der Waals surface area contributed by atoms with Crippen LogP contribution in [0.25, 0.3) is 11.3 Å². The van der Waals surface area contributed by atoms with E-state index >= 15 is 0 Å². The highest BCUT2D eigenvalue weighted by molar-refractivity contribution is 9.10. The van der Waals surface area contributed by atoms with Crippen molar-refractivity contribution < 1.29 is 14.7 Å². The number of nitrogens with one attached hydrogen (secondary N) is 2. The molecule has 0 bridgehead atoms. The molecule has 116 valence electrons. The first kappa shape index (κ1) is 16.2. The molecule has 6 nitrogen and oxygen atoms in total. The van der Waals surface area contributed by atoms with E-state index in [1.54, 1.807) is 0 Å². The summed E-state index contributed by atoms with van der Waals surface area (Å²) in [5.41, 5.74) is 1.94. The summed E-state index contributed by atoms with van der Waals surface area (Å²) in [4.78, 5) is 22.5. The van der Waals surface area contributed by atoms with E-state index in [-0.39, 0.29) is 12.3 Å². The van der Waals surface area contributed by atoms with Gasteiger partial charge in [-0.15, -0.1) is 0 Å². The second kappa shape index (κ2) is 7.74. The van der Waals surface area contributed by atoms with Crippen molar-refractivity contribution in [3.8, 4) is 11.3 Å². The van der Waals surface area contributed by atoms with Crippen molar-refractivity contribution in [3.05, 3.63) is 40.5 Å².